The van der Waals surface area contributed by atoms with Crippen LogP contribution in [0.25, 0.3) is 0 Å². The largest absolute Gasteiger partial charge is 0.393 e. The fourth-order valence-corrected chi connectivity index (χ4v) is 3.08. The quantitative estimate of drug-likeness (QED) is 0.431. The van der Waals surface area contributed by atoms with Crippen molar-refractivity contribution in [1.82, 2.24) is 0 Å². The summed E-state index contributed by atoms with van der Waals surface area (Å²) in [7, 11) is 0. The van der Waals surface area contributed by atoms with Gasteiger partial charge in [0.2, 0.25) is 0 Å². The maximum atomic E-state index is 11.8. The summed E-state index contributed by atoms with van der Waals surface area (Å²) in [5.41, 5.74) is 2.35. The second-order valence-electron chi connectivity index (χ2n) is 7.01. The zero-order valence-electron chi connectivity index (χ0n) is 13.0. The average molecular weight is 266 g/mol. The van der Waals surface area contributed by atoms with Crippen molar-refractivity contribution in [2.24, 2.45) is 17.3 Å². The van der Waals surface area contributed by atoms with E-state index < -0.39 is 5.97 Å². The third kappa shape index (κ3) is 4.48. The molecule has 1 aliphatic heterocycles. The minimum atomic E-state index is -0.393. The van der Waals surface area contributed by atoms with Gasteiger partial charge in [-0.3, -0.25) is 9.59 Å². The maximum Gasteiger partial charge on any atom is 0.321 e. The van der Waals surface area contributed by atoms with Gasteiger partial charge in [-0.25, -0.2) is 0 Å². The topological polar surface area (TPSA) is 43.4 Å². The van der Waals surface area contributed by atoms with Gasteiger partial charge >= 0.3 is 11.9 Å². The Labute approximate surface area is 116 Å². The van der Waals surface area contributed by atoms with Crippen LogP contribution in [0.5, 0.6) is 0 Å². The van der Waals surface area contributed by atoms with Gasteiger partial charge in [-0.1, -0.05) is 38.8 Å². The summed E-state index contributed by atoms with van der Waals surface area (Å²) in [5, 5.41) is 0. The van der Waals surface area contributed by atoms with E-state index in [1.807, 2.05) is 13.8 Å². The van der Waals surface area contributed by atoms with Crippen molar-refractivity contribution in [3.05, 3.63) is 11.1 Å². The van der Waals surface area contributed by atoms with Crippen LogP contribution in [0.4, 0.5) is 0 Å². The number of esters is 2. The number of carbonyl (C=O) groups is 2. The number of hydrogen-bond donors (Lipinski definition) is 0. The smallest absolute Gasteiger partial charge is 0.321 e. The molecule has 0 amide bonds. The van der Waals surface area contributed by atoms with E-state index in [-0.39, 0.29) is 23.7 Å². The summed E-state index contributed by atoms with van der Waals surface area (Å²) in [5.74, 6) is -0.508. The van der Waals surface area contributed by atoms with Crippen molar-refractivity contribution in [2.75, 3.05) is 0 Å². The molecular formula is C16H26O3. The number of ether oxygens (including phenoxy) is 1. The van der Waals surface area contributed by atoms with Crippen molar-refractivity contribution >= 4 is 11.9 Å². The molecule has 3 nitrogen and oxygen atoms in total. The van der Waals surface area contributed by atoms with Crippen LogP contribution in [0.15, 0.2) is 11.1 Å². The van der Waals surface area contributed by atoms with E-state index in [9.17, 15) is 9.59 Å². The van der Waals surface area contributed by atoms with Crippen LogP contribution >= 0.6 is 0 Å². The summed E-state index contributed by atoms with van der Waals surface area (Å²) in [6, 6.07) is 0. The number of rotatable bonds is 5. The van der Waals surface area contributed by atoms with E-state index in [1.54, 1.807) is 0 Å². The normalized spacial score (nSPS) is 19.8. The van der Waals surface area contributed by atoms with Crippen molar-refractivity contribution in [1.29, 1.82) is 0 Å². The molecule has 1 atom stereocenters. The lowest BCUT2D eigenvalue weighted by Crippen LogP contribution is -2.21. The third-order valence-electron chi connectivity index (χ3n) is 3.56. The van der Waals surface area contributed by atoms with Gasteiger partial charge in [0.15, 0.2) is 0 Å². The molecule has 0 aliphatic carbocycles. The minimum Gasteiger partial charge on any atom is -0.393 e. The first kappa shape index (κ1) is 15.9. The molecule has 1 rings (SSSR count). The van der Waals surface area contributed by atoms with E-state index >= 15 is 0 Å². The van der Waals surface area contributed by atoms with Gasteiger partial charge in [-0.05, 0) is 38.0 Å². The number of cyclic esters (lactones) is 2. The van der Waals surface area contributed by atoms with Crippen molar-refractivity contribution < 1.29 is 14.3 Å². The molecule has 0 saturated carbocycles. The van der Waals surface area contributed by atoms with Gasteiger partial charge in [0, 0.05) is 0 Å². The summed E-state index contributed by atoms with van der Waals surface area (Å²) >= 11 is 0. The monoisotopic (exact) mass is 266 g/mol. The molecule has 1 saturated heterocycles. The Hall–Kier alpha value is -1.12. The first-order valence-corrected chi connectivity index (χ1v) is 7.03. The lowest BCUT2D eigenvalue weighted by Gasteiger charge is -2.30. The highest BCUT2D eigenvalue weighted by molar-refractivity contribution is 5.96. The fourth-order valence-electron chi connectivity index (χ4n) is 3.08. The maximum absolute atomic E-state index is 11.8. The van der Waals surface area contributed by atoms with Gasteiger partial charge < -0.3 is 4.74 Å². The van der Waals surface area contributed by atoms with Crippen molar-refractivity contribution in [2.45, 2.75) is 60.8 Å². The Bertz CT molecular complexity index is 398. The Morgan fingerprint density at radius 2 is 1.89 bits per heavy atom. The Morgan fingerprint density at radius 3 is 2.26 bits per heavy atom. The molecule has 3 heteroatoms. The molecule has 0 aromatic rings. The lowest BCUT2D eigenvalue weighted by atomic mass is 9.75. The Balaban J connectivity index is 2.90. The molecule has 0 N–H and O–H groups in total. The van der Waals surface area contributed by atoms with Crippen LogP contribution in [-0.4, -0.2) is 11.9 Å². The standard InChI is InChI=1S/C16H26O3/c1-10(2)8-16(5,6)9-13(11(3)4)12-7-14(17)19-15(12)18/h10,12H,7-9H2,1-6H3. The summed E-state index contributed by atoms with van der Waals surface area (Å²) in [4.78, 5) is 23.0. The van der Waals surface area contributed by atoms with Gasteiger partial charge in [-0.15, -0.1) is 0 Å². The van der Waals surface area contributed by atoms with Crippen molar-refractivity contribution in [3.8, 4) is 0 Å². The second kappa shape index (κ2) is 5.89. The highest BCUT2D eigenvalue weighted by Crippen LogP contribution is 2.38. The Kier molecular flexibility index (Phi) is 4.94. The molecule has 108 valence electrons. The van der Waals surface area contributed by atoms with Gasteiger partial charge in [0.1, 0.15) is 0 Å². The molecule has 0 spiro atoms. The highest BCUT2D eigenvalue weighted by Gasteiger charge is 2.38. The van der Waals surface area contributed by atoms with Crippen LogP contribution in [-0.2, 0) is 14.3 Å². The highest BCUT2D eigenvalue weighted by atomic mass is 16.6. The van der Waals surface area contributed by atoms with Crippen LogP contribution < -0.4 is 0 Å². The zero-order valence-corrected chi connectivity index (χ0v) is 13.0. The molecule has 0 aromatic heterocycles. The minimum absolute atomic E-state index is 0.132. The van der Waals surface area contributed by atoms with E-state index in [0.29, 0.717) is 5.92 Å². The zero-order chi connectivity index (χ0) is 14.8. The molecule has 1 aliphatic rings. The van der Waals surface area contributed by atoms with Crippen LogP contribution in [0.1, 0.15) is 60.8 Å². The third-order valence-corrected chi connectivity index (χ3v) is 3.56. The first-order chi connectivity index (χ1) is 8.62. The van der Waals surface area contributed by atoms with E-state index in [1.165, 1.54) is 0 Å². The molecule has 1 heterocycles. The van der Waals surface area contributed by atoms with Crippen molar-refractivity contribution in [3.63, 3.8) is 0 Å². The Morgan fingerprint density at radius 1 is 1.32 bits per heavy atom. The van der Waals surface area contributed by atoms with Crippen LogP contribution in [0, 0.1) is 17.3 Å². The van der Waals surface area contributed by atoms with E-state index in [0.717, 1.165) is 24.0 Å². The number of allylic oxidation sites excluding steroid dienone is 1. The van der Waals surface area contributed by atoms with Crippen LogP contribution in [0.3, 0.4) is 0 Å². The van der Waals surface area contributed by atoms with Gasteiger partial charge in [0.05, 0.1) is 12.3 Å². The second-order valence-corrected chi connectivity index (χ2v) is 7.01. The van der Waals surface area contributed by atoms with E-state index in [4.69, 9.17) is 0 Å². The average Bonchev–Trinajstić information content (AvgIpc) is 2.52. The molecular weight excluding hydrogens is 240 g/mol. The van der Waals surface area contributed by atoms with Gasteiger partial charge in [0.25, 0.3) is 0 Å². The van der Waals surface area contributed by atoms with E-state index in [2.05, 4.69) is 32.4 Å². The van der Waals surface area contributed by atoms with Crippen LogP contribution in [0.2, 0.25) is 0 Å². The molecule has 0 aromatic carbocycles. The summed E-state index contributed by atoms with van der Waals surface area (Å²) in [6.45, 7) is 12.9. The lowest BCUT2D eigenvalue weighted by molar-refractivity contribution is -0.152. The molecule has 1 fully saturated rings. The SMILES string of the molecule is CC(C)=C(CC(C)(C)CC(C)C)C1CC(=O)OC1=O. The molecule has 0 bridgehead atoms. The number of hydrogen-bond acceptors (Lipinski definition) is 3. The predicted octanol–water partition coefficient (Wildman–Crippen LogP) is 3.87. The summed E-state index contributed by atoms with van der Waals surface area (Å²) < 4.78 is 4.69. The number of carbonyl (C=O) groups excluding carboxylic acids is 2. The molecule has 0 radical (unpaired) electrons. The molecule has 1 unspecified atom stereocenters. The summed E-state index contributed by atoms with van der Waals surface area (Å²) in [6.07, 6.45) is 2.15. The fraction of sp³-hybridized carbons (Fsp3) is 0.750. The van der Waals surface area contributed by atoms with Gasteiger partial charge in [-0.2, -0.15) is 0 Å². The predicted molar refractivity (Wildman–Crippen MR) is 75.4 cm³/mol. The molecule has 19 heavy (non-hydrogen) atoms. The first-order valence-electron chi connectivity index (χ1n) is 7.03.